The fraction of sp³-hybridized carbons (Fsp3) is 0.0714. The van der Waals surface area contributed by atoms with E-state index in [1.165, 1.54) is 0 Å². The van der Waals surface area contributed by atoms with E-state index in [1.807, 2.05) is 24.3 Å². The van der Waals surface area contributed by atoms with Crippen LogP contribution in [0.2, 0.25) is 10.0 Å². The first-order chi connectivity index (χ1) is 9.52. The number of benzene rings is 2. The average molecular weight is 390 g/mol. The highest BCUT2D eigenvalue weighted by atomic mass is 79.9. The molecule has 0 atom stereocenters. The van der Waals surface area contributed by atoms with E-state index in [9.17, 15) is 0 Å². The minimum absolute atomic E-state index is 0.517. The second-order valence-electron chi connectivity index (χ2n) is 4.10. The molecular formula is C14H11BrCl2N2S. The van der Waals surface area contributed by atoms with Crippen molar-refractivity contribution in [1.29, 1.82) is 0 Å². The molecular weight excluding hydrogens is 379 g/mol. The molecule has 6 heteroatoms. The molecule has 0 aliphatic heterocycles. The number of hydrogen-bond acceptors (Lipinski definition) is 1. The summed E-state index contributed by atoms with van der Waals surface area (Å²) in [5, 5.41) is 7.82. The summed E-state index contributed by atoms with van der Waals surface area (Å²) in [5.41, 5.74) is 1.89. The van der Waals surface area contributed by atoms with Crippen molar-refractivity contribution in [3.63, 3.8) is 0 Å². The lowest BCUT2D eigenvalue weighted by Crippen LogP contribution is -2.27. The van der Waals surface area contributed by atoms with Gasteiger partial charge in [0.25, 0.3) is 0 Å². The van der Waals surface area contributed by atoms with Gasteiger partial charge in [0.15, 0.2) is 5.11 Å². The lowest BCUT2D eigenvalue weighted by Gasteiger charge is -2.11. The summed E-state index contributed by atoms with van der Waals surface area (Å²) in [6.45, 7) is 0.638. The largest absolute Gasteiger partial charge is 0.358 e. The Kier molecular flexibility index (Phi) is 5.66. The first-order valence-electron chi connectivity index (χ1n) is 5.78. The Morgan fingerprint density at radius 3 is 2.45 bits per heavy atom. The Labute approximate surface area is 141 Å². The third-order valence-corrected chi connectivity index (χ3v) is 3.64. The van der Waals surface area contributed by atoms with Crippen LogP contribution in [-0.2, 0) is 6.54 Å². The molecule has 0 spiro atoms. The molecule has 20 heavy (non-hydrogen) atoms. The van der Waals surface area contributed by atoms with Gasteiger partial charge in [0.05, 0.1) is 0 Å². The van der Waals surface area contributed by atoms with Gasteiger partial charge < -0.3 is 10.6 Å². The second-order valence-corrected chi connectivity index (χ2v) is 6.29. The second kappa shape index (κ2) is 7.27. The van der Waals surface area contributed by atoms with Gasteiger partial charge in [-0.25, -0.2) is 0 Å². The SMILES string of the molecule is S=C(NCc1cccc(Br)c1)Nc1cc(Cl)cc(Cl)c1. The summed E-state index contributed by atoms with van der Waals surface area (Å²) < 4.78 is 1.04. The van der Waals surface area contributed by atoms with E-state index in [-0.39, 0.29) is 0 Å². The molecule has 0 saturated heterocycles. The Balaban J connectivity index is 1.92. The predicted molar refractivity (Wildman–Crippen MR) is 93.7 cm³/mol. The first-order valence-corrected chi connectivity index (χ1v) is 7.74. The zero-order valence-corrected chi connectivity index (χ0v) is 14.2. The number of hydrogen-bond donors (Lipinski definition) is 2. The minimum Gasteiger partial charge on any atom is -0.358 e. The summed E-state index contributed by atoms with van der Waals surface area (Å²) in [7, 11) is 0. The van der Waals surface area contributed by atoms with Gasteiger partial charge in [0, 0.05) is 26.8 Å². The molecule has 0 aliphatic carbocycles. The van der Waals surface area contributed by atoms with Gasteiger partial charge >= 0.3 is 0 Å². The highest BCUT2D eigenvalue weighted by Crippen LogP contribution is 2.22. The van der Waals surface area contributed by atoms with E-state index >= 15 is 0 Å². The molecule has 0 heterocycles. The lowest BCUT2D eigenvalue weighted by atomic mass is 10.2. The summed E-state index contributed by atoms with van der Waals surface area (Å²) in [5.74, 6) is 0. The van der Waals surface area contributed by atoms with Crippen LogP contribution in [0.3, 0.4) is 0 Å². The normalized spacial score (nSPS) is 10.2. The van der Waals surface area contributed by atoms with Gasteiger partial charge in [-0.1, -0.05) is 51.3 Å². The van der Waals surface area contributed by atoms with Crippen molar-refractivity contribution in [2.24, 2.45) is 0 Å². The molecule has 2 aromatic rings. The Morgan fingerprint density at radius 1 is 1.10 bits per heavy atom. The Hall–Kier alpha value is -0.810. The van der Waals surface area contributed by atoms with Gasteiger partial charge in [-0.3, -0.25) is 0 Å². The minimum atomic E-state index is 0.517. The highest BCUT2D eigenvalue weighted by molar-refractivity contribution is 9.10. The van der Waals surface area contributed by atoms with Crippen molar-refractivity contribution in [2.75, 3.05) is 5.32 Å². The summed E-state index contributed by atoms with van der Waals surface area (Å²) in [4.78, 5) is 0. The number of rotatable bonds is 3. The Bertz CT molecular complexity index is 614. The van der Waals surface area contributed by atoms with Crippen molar-refractivity contribution in [1.82, 2.24) is 5.32 Å². The predicted octanol–water partition coefficient (Wildman–Crippen LogP) is 5.24. The quantitative estimate of drug-likeness (QED) is 0.701. The van der Waals surface area contributed by atoms with Gasteiger partial charge in [0.2, 0.25) is 0 Å². The van der Waals surface area contributed by atoms with Crippen LogP contribution < -0.4 is 10.6 Å². The standard InChI is InChI=1S/C14H11BrCl2N2S/c15-10-3-1-2-9(4-10)8-18-14(20)19-13-6-11(16)5-12(17)7-13/h1-7H,8H2,(H2,18,19,20). The molecule has 0 bridgehead atoms. The Morgan fingerprint density at radius 2 is 1.80 bits per heavy atom. The molecule has 0 saturated carbocycles. The van der Waals surface area contributed by atoms with Crippen molar-refractivity contribution in [3.05, 3.63) is 62.5 Å². The van der Waals surface area contributed by atoms with Crippen LogP contribution in [0.4, 0.5) is 5.69 Å². The molecule has 104 valence electrons. The van der Waals surface area contributed by atoms with Crippen molar-refractivity contribution >= 4 is 62.1 Å². The van der Waals surface area contributed by atoms with Gasteiger partial charge in [-0.05, 0) is 48.1 Å². The van der Waals surface area contributed by atoms with Crippen LogP contribution in [0.1, 0.15) is 5.56 Å². The monoisotopic (exact) mass is 388 g/mol. The maximum atomic E-state index is 5.93. The molecule has 0 aromatic heterocycles. The fourth-order valence-electron chi connectivity index (χ4n) is 1.63. The van der Waals surface area contributed by atoms with Crippen LogP contribution >= 0.6 is 51.3 Å². The molecule has 2 nitrogen and oxygen atoms in total. The summed E-state index contributed by atoms with van der Waals surface area (Å²) >= 11 is 20.5. The number of anilines is 1. The maximum absolute atomic E-state index is 5.93. The maximum Gasteiger partial charge on any atom is 0.171 e. The summed E-state index contributed by atoms with van der Waals surface area (Å²) in [6.07, 6.45) is 0. The number of nitrogens with one attached hydrogen (secondary N) is 2. The first kappa shape index (κ1) is 15.6. The topological polar surface area (TPSA) is 24.1 Å². The molecule has 0 amide bonds. The molecule has 0 unspecified atom stereocenters. The van der Waals surface area contributed by atoms with E-state index in [2.05, 4.69) is 26.6 Å². The van der Waals surface area contributed by atoms with Gasteiger partial charge in [-0.2, -0.15) is 0 Å². The van der Waals surface area contributed by atoms with Crippen molar-refractivity contribution < 1.29 is 0 Å². The van der Waals surface area contributed by atoms with Crippen LogP contribution in [0.5, 0.6) is 0 Å². The van der Waals surface area contributed by atoms with Gasteiger partial charge in [0.1, 0.15) is 0 Å². The molecule has 2 aromatic carbocycles. The fourth-order valence-corrected chi connectivity index (χ4v) is 2.79. The zero-order chi connectivity index (χ0) is 14.5. The highest BCUT2D eigenvalue weighted by Gasteiger charge is 2.01. The molecule has 2 rings (SSSR count). The van der Waals surface area contributed by atoms with Gasteiger partial charge in [-0.15, -0.1) is 0 Å². The van der Waals surface area contributed by atoms with E-state index in [0.29, 0.717) is 21.7 Å². The number of halogens is 3. The average Bonchev–Trinajstić information content (AvgIpc) is 2.35. The van der Waals surface area contributed by atoms with Crippen molar-refractivity contribution in [3.8, 4) is 0 Å². The zero-order valence-electron chi connectivity index (χ0n) is 10.3. The van der Waals surface area contributed by atoms with E-state index in [4.69, 9.17) is 35.4 Å². The van der Waals surface area contributed by atoms with Crippen LogP contribution in [-0.4, -0.2) is 5.11 Å². The third kappa shape index (κ3) is 4.94. The lowest BCUT2D eigenvalue weighted by molar-refractivity contribution is 0.925. The van der Waals surface area contributed by atoms with Crippen LogP contribution in [0.25, 0.3) is 0 Å². The summed E-state index contributed by atoms with van der Waals surface area (Å²) in [6, 6.07) is 13.2. The number of thiocarbonyl (C=S) groups is 1. The van der Waals surface area contributed by atoms with E-state index < -0.39 is 0 Å². The molecule has 2 N–H and O–H groups in total. The van der Waals surface area contributed by atoms with E-state index in [1.54, 1.807) is 18.2 Å². The molecule has 0 fully saturated rings. The molecule has 0 radical (unpaired) electrons. The van der Waals surface area contributed by atoms with Crippen molar-refractivity contribution in [2.45, 2.75) is 6.54 Å². The van der Waals surface area contributed by atoms with E-state index in [0.717, 1.165) is 15.7 Å². The van der Waals surface area contributed by atoms with Crippen LogP contribution in [0.15, 0.2) is 46.9 Å². The smallest absolute Gasteiger partial charge is 0.171 e. The van der Waals surface area contributed by atoms with Crippen LogP contribution in [0, 0.1) is 0 Å². The molecule has 0 aliphatic rings. The third-order valence-electron chi connectivity index (χ3n) is 2.46.